The molecule has 1 rings (SSSR count). The van der Waals surface area contributed by atoms with Crippen LogP contribution in [0.2, 0.25) is 0 Å². The zero-order chi connectivity index (χ0) is 20.1. The SMILES string of the molecule is C[C@@H](OC(=O)CC(C)(C)C)[C@@H](C)OC(=O)[C@@H](N)Cc1ccc(O)c(O)c1. The monoisotopic (exact) mass is 367 g/mol. The Balaban J connectivity index is 2.54. The van der Waals surface area contributed by atoms with Crippen molar-refractivity contribution in [2.75, 3.05) is 0 Å². The van der Waals surface area contributed by atoms with Crippen molar-refractivity contribution in [3.05, 3.63) is 23.8 Å². The van der Waals surface area contributed by atoms with Crippen molar-refractivity contribution >= 4 is 11.9 Å². The molecular formula is C19H29NO6. The Kier molecular flexibility index (Phi) is 7.44. The Morgan fingerprint density at radius 3 is 2.19 bits per heavy atom. The standard InChI is InChI=1S/C19H29NO6/c1-11(25-17(23)10-19(3,4)5)12(2)26-18(24)14(20)8-13-6-7-15(21)16(22)9-13/h6-7,9,11-12,14,21-22H,8,10,20H2,1-5H3/t11-,12-,14+/m1/s1. The fourth-order valence-corrected chi connectivity index (χ4v) is 2.18. The first-order chi connectivity index (χ1) is 11.9. The first kappa shape index (κ1) is 21.8. The molecule has 26 heavy (non-hydrogen) atoms. The van der Waals surface area contributed by atoms with Gasteiger partial charge in [-0.2, -0.15) is 0 Å². The summed E-state index contributed by atoms with van der Waals surface area (Å²) in [6, 6.07) is 3.27. The Labute approximate surface area is 154 Å². The van der Waals surface area contributed by atoms with E-state index in [2.05, 4.69) is 0 Å². The number of carbonyl (C=O) groups is 2. The average Bonchev–Trinajstić information content (AvgIpc) is 2.48. The third-order valence-electron chi connectivity index (χ3n) is 3.75. The minimum absolute atomic E-state index is 0.136. The molecule has 0 aromatic heterocycles. The average molecular weight is 367 g/mol. The third kappa shape index (κ3) is 7.31. The lowest BCUT2D eigenvalue weighted by atomic mass is 9.92. The predicted molar refractivity (Wildman–Crippen MR) is 96.6 cm³/mol. The molecule has 0 aliphatic heterocycles. The molecule has 0 aliphatic rings. The number of ether oxygens (including phenoxy) is 2. The van der Waals surface area contributed by atoms with E-state index in [9.17, 15) is 19.8 Å². The summed E-state index contributed by atoms with van der Waals surface area (Å²) >= 11 is 0. The molecule has 7 nitrogen and oxygen atoms in total. The minimum atomic E-state index is -0.945. The topological polar surface area (TPSA) is 119 Å². The van der Waals surface area contributed by atoms with Crippen LogP contribution in [-0.2, 0) is 25.5 Å². The molecule has 0 fully saturated rings. The number of rotatable bonds is 7. The van der Waals surface area contributed by atoms with Gasteiger partial charge >= 0.3 is 11.9 Å². The van der Waals surface area contributed by atoms with Crippen LogP contribution in [0.3, 0.4) is 0 Å². The minimum Gasteiger partial charge on any atom is -0.504 e. The maximum Gasteiger partial charge on any atom is 0.323 e. The molecule has 1 aromatic carbocycles. The predicted octanol–water partition coefficient (Wildman–Crippen LogP) is 2.27. The fourth-order valence-electron chi connectivity index (χ4n) is 2.18. The normalized spacial score (nSPS) is 15.0. The van der Waals surface area contributed by atoms with Gasteiger partial charge in [0.25, 0.3) is 0 Å². The molecule has 0 heterocycles. The molecule has 0 bridgehead atoms. The van der Waals surface area contributed by atoms with Gasteiger partial charge in [-0.15, -0.1) is 0 Å². The lowest BCUT2D eigenvalue weighted by molar-refractivity contribution is -0.167. The number of aromatic hydroxyl groups is 2. The summed E-state index contributed by atoms with van der Waals surface area (Å²) in [4.78, 5) is 24.0. The van der Waals surface area contributed by atoms with Crippen LogP contribution < -0.4 is 5.73 Å². The van der Waals surface area contributed by atoms with E-state index in [4.69, 9.17) is 15.2 Å². The number of phenolic OH excluding ortho intramolecular Hbond substituents is 2. The second-order valence-electron chi connectivity index (χ2n) is 7.71. The van der Waals surface area contributed by atoms with Crippen molar-refractivity contribution < 1.29 is 29.3 Å². The van der Waals surface area contributed by atoms with E-state index in [1.54, 1.807) is 19.9 Å². The first-order valence-electron chi connectivity index (χ1n) is 8.55. The van der Waals surface area contributed by atoms with Crippen LogP contribution in [0.4, 0.5) is 0 Å². The molecule has 0 radical (unpaired) electrons. The number of carbonyl (C=O) groups excluding carboxylic acids is 2. The molecule has 146 valence electrons. The number of nitrogens with two attached hydrogens (primary N) is 1. The van der Waals surface area contributed by atoms with E-state index in [1.807, 2.05) is 20.8 Å². The summed E-state index contributed by atoms with van der Waals surface area (Å²) in [5.41, 5.74) is 6.24. The molecule has 4 N–H and O–H groups in total. The zero-order valence-electron chi connectivity index (χ0n) is 16.0. The van der Waals surface area contributed by atoms with Crippen molar-refractivity contribution in [3.8, 4) is 11.5 Å². The molecule has 1 aromatic rings. The molecular weight excluding hydrogens is 338 g/mol. The Bertz CT molecular complexity index is 637. The van der Waals surface area contributed by atoms with Crippen molar-refractivity contribution in [2.24, 2.45) is 11.1 Å². The fraction of sp³-hybridized carbons (Fsp3) is 0.579. The van der Waals surface area contributed by atoms with Crippen LogP contribution >= 0.6 is 0 Å². The maximum absolute atomic E-state index is 12.1. The summed E-state index contributed by atoms with van der Waals surface area (Å²) in [5, 5.41) is 18.8. The van der Waals surface area contributed by atoms with Crippen molar-refractivity contribution in [1.29, 1.82) is 0 Å². The Hall–Kier alpha value is -2.28. The summed E-state index contributed by atoms with van der Waals surface area (Å²) < 4.78 is 10.6. The van der Waals surface area contributed by atoms with Gasteiger partial charge in [0.05, 0.1) is 6.42 Å². The summed E-state index contributed by atoms with van der Waals surface area (Å²) in [6.45, 7) is 9.08. The van der Waals surface area contributed by atoms with Crippen LogP contribution in [0.25, 0.3) is 0 Å². The van der Waals surface area contributed by atoms with E-state index in [0.717, 1.165) is 0 Å². The van der Waals surface area contributed by atoms with Crippen LogP contribution in [-0.4, -0.2) is 40.4 Å². The smallest absolute Gasteiger partial charge is 0.323 e. The lowest BCUT2D eigenvalue weighted by Crippen LogP contribution is -2.39. The van der Waals surface area contributed by atoms with Crippen molar-refractivity contribution in [1.82, 2.24) is 0 Å². The summed E-state index contributed by atoms with van der Waals surface area (Å²) in [5.74, 6) is -1.51. The molecule has 7 heteroatoms. The third-order valence-corrected chi connectivity index (χ3v) is 3.75. The van der Waals surface area contributed by atoms with E-state index in [0.29, 0.717) is 5.56 Å². The quantitative estimate of drug-likeness (QED) is 0.499. The maximum atomic E-state index is 12.1. The number of esters is 2. The van der Waals surface area contributed by atoms with E-state index >= 15 is 0 Å². The van der Waals surface area contributed by atoms with Crippen LogP contribution in [0, 0.1) is 5.41 Å². The Morgan fingerprint density at radius 1 is 1.08 bits per heavy atom. The molecule has 0 aliphatic carbocycles. The highest BCUT2D eigenvalue weighted by atomic mass is 16.6. The number of hydrogen-bond donors (Lipinski definition) is 3. The number of benzene rings is 1. The highest BCUT2D eigenvalue weighted by Crippen LogP contribution is 2.25. The van der Waals surface area contributed by atoms with Crippen molar-refractivity contribution in [2.45, 2.75) is 65.7 Å². The molecule has 0 amide bonds. The van der Waals surface area contributed by atoms with Gasteiger partial charge in [-0.1, -0.05) is 26.8 Å². The highest BCUT2D eigenvalue weighted by Gasteiger charge is 2.26. The molecule has 0 saturated carbocycles. The van der Waals surface area contributed by atoms with E-state index < -0.39 is 24.2 Å². The molecule has 0 saturated heterocycles. The van der Waals surface area contributed by atoms with Gasteiger partial charge in [-0.25, -0.2) is 0 Å². The first-order valence-corrected chi connectivity index (χ1v) is 8.55. The van der Waals surface area contributed by atoms with Gasteiger partial charge < -0.3 is 25.4 Å². The number of hydrogen-bond acceptors (Lipinski definition) is 7. The summed E-state index contributed by atoms with van der Waals surface area (Å²) in [6.07, 6.45) is -0.844. The molecule has 0 spiro atoms. The van der Waals surface area contributed by atoms with Gasteiger partial charge in [0.2, 0.25) is 0 Å². The zero-order valence-corrected chi connectivity index (χ0v) is 16.0. The number of phenols is 2. The van der Waals surface area contributed by atoms with Gasteiger partial charge in [0, 0.05) is 0 Å². The largest absolute Gasteiger partial charge is 0.504 e. The van der Waals surface area contributed by atoms with Gasteiger partial charge in [-0.3, -0.25) is 9.59 Å². The van der Waals surface area contributed by atoms with Crippen molar-refractivity contribution in [3.63, 3.8) is 0 Å². The lowest BCUT2D eigenvalue weighted by Gasteiger charge is -2.24. The van der Waals surface area contributed by atoms with Crippen LogP contribution in [0.5, 0.6) is 11.5 Å². The second-order valence-corrected chi connectivity index (χ2v) is 7.71. The van der Waals surface area contributed by atoms with Crippen LogP contribution in [0.1, 0.15) is 46.6 Å². The van der Waals surface area contributed by atoms with Crippen LogP contribution in [0.15, 0.2) is 18.2 Å². The molecule has 3 atom stereocenters. The highest BCUT2D eigenvalue weighted by molar-refractivity contribution is 5.76. The summed E-state index contributed by atoms with van der Waals surface area (Å²) in [7, 11) is 0. The van der Waals surface area contributed by atoms with E-state index in [1.165, 1.54) is 12.1 Å². The van der Waals surface area contributed by atoms with Gasteiger partial charge in [0.15, 0.2) is 11.5 Å². The van der Waals surface area contributed by atoms with Gasteiger partial charge in [0.1, 0.15) is 18.2 Å². The Morgan fingerprint density at radius 2 is 1.65 bits per heavy atom. The molecule has 0 unspecified atom stereocenters. The van der Waals surface area contributed by atoms with E-state index in [-0.39, 0.29) is 35.7 Å². The van der Waals surface area contributed by atoms with Gasteiger partial charge in [-0.05, 0) is 43.4 Å². The second kappa shape index (κ2) is 8.89.